The smallest absolute Gasteiger partial charge is 0.223 e. The second-order valence-electron chi connectivity index (χ2n) is 11.6. The summed E-state index contributed by atoms with van der Waals surface area (Å²) in [5.41, 5.74) is -0.726. The Kier molecular flexibility index (Phi) is 14.8. The highest BCUT2D eigenvalue weighted by atomic mass is 16.5. The summed E-state index contributed by atoms with van der Waals surface area (Å²) in [6.07, 6.45) is 23.3. The molecule has 1 saturated heterocycles. The first-order valence-electron chi connectivity index (χ1n) is 14.0. The SMILES string of the molecule is CCCCCCCCCCCCCCCCCCNC(=O)C1CC(C)(C)N(O)C(C)(C)C1. The molecule has 0 radical (unpaired) electrons. The number of hydroxylamine groups is 2. The zero-order valence-corrected chi connectivity index (χ0v) is 22.3. The number of carbonyl (C=O) groups is 1. The van der Waals surface area contributed by atoms with Gasteiger partial charge in [0, 0.05) is 23.5 Å². The van der Waals surface area contributed by atoms with Crippen molar-refractivity contribution in [2.75, 3.05) is 6.54 Å². The molecule has 0 spiro atoms. The van der Waals surface area contributed by atoms with E-state index in [-0.39, 0.29) is 22.9 Å². The number of nitrogens with one attached hydrogen (secondary N) is 1. The summed E-state index contributed by atoms with van der Waals surface area (Å²) in [7, 11) is 0. The molecule has 32 heavy (non-hydrogen) atoms. The second-order valence-corrected chi connectivity index (χ2v) is 11.6. The molecule has 1 amide bonds. The van der Waals surface area contributed by atoms with Gasteiger partial charge in [-0.3, -0.25) is 4.79 Å². The normalized spacial score (nSPS) is 18.7. The van der Waals surface area contributed by atoms with Crippen LogP contribution in [0.2, 0.25) is 0 Å². The monoisotopic (exact) mass is 452 g/mol. The lowest BCUT2D eigenvalue weighted by molar-refractivity contribution is -0.249. The molecule has 0 aromatic carbocycles. The van der Waals surface area contributed by atoms with Gasteiger partial charge in [-0.25, -0.2) is 0 Å². The highest BCUT2D eigenvalue weighted by Gasteiger charge is 2.46. The third-order valence-electron chi connectivity index (χ3n) is 7.34. The Morgan fingerprint density at radius 1 is 0.719 bits per heavy atom. The minimum Gasteiger partial charge on any atom is -0.356 e. The van der Waals surface area contributed by atoms with Gasteiger partial charge in [-0.2, -0.15) is 5.06 Å². The van der Waals surface area contributed by atoms with Gasteiger partial charge in [-0.05, 0) is 47.0 Å². The molecule has 1 heterocycles. The zero-order chi connectivity index (χ0) is 23.9. The third kappa shape index (κ3) is 12.0. The van der Waals surface area contributed by atoms with Crippen LogP contribution >= 0.6 is 0 Å². The lowest BCUT2D eigenvalue weighted by Gasteiger charge is -2.51. The maximum absolute atomic E-state index is 12.6. The van der Waals surface area contributed by atoms with Crippen LogP contribution in [0.15, 0.2) is 0 Å². The fraction of sp³-hybridized carbons (Fsp3) is 0.964. The summed E-state index contributed by atoms with van der Waals surface area (Å²) < 4.78 is 0. The minimum absolute atomic E-state index is 0.00976. The van der Waals surface area contributed by atoms with Gasteiger partial charge in [0.25, 0.3) is 0 Å². The standard InChI is InChI=1S/C28H56N2O2/c1-6-7-8-9-10-11-12-13-14-15-16-17-18-19-20-21-22-29-26(31)25-23-27(2,3)30(32)28(4,5)24-25/h25,32H,6-24H2,1-5H3,(H,29,31). The summed E-state index contributed by atoms with van der Waals surface area (Å²) >= 11 is 0. The van der Waals surface area contributed by atoms with Crippen molar-refractivity contribution in [2.45, 2.75) is 161 Å². The molecule has 0 unspecified atom stereocenters. The molecule has 0 aliphatic carbocycles. The Bertz CT molecular complexity index is 472. The predicted molar refractivity (Wildman–Crippen MR) is 137 cm³/mol. The first-order valence-corrected chi connectivity index (χ1v) is 14.0. The molecule has 190 valence electrons. The molecule has 1 fully saturated rings. The van der Waals surface area contributed by atoms with Crippen LogP contribution < -0.4 is 5.32 Å². The van der Waals surface area contributed by atoms with Gasteiger partial charge < -0.3 is 10.5 Å². The summed E-state index contributed by atoms with van der Waals surface area (Å²) in [6.45, 7) is 11.1. The van der Waals surface area contributed by atoms with Gasteiger partial charge in [0.2, 0.25) is 5.91 Å². The highest BCUT2D eigenvalue weighted by molar-refractivity contribution is 5.79. The number of nitrogens with zero attached hydrogens (tertiary/aromatic N) is 1. The van der Waals surface area contributed by atoms with Crippen molar-refractivity contribution in [2.24, 2.45) is 5.92 Å². The molecule has 1 rings (SSSR count). The molecule has 0 aromatic heterocycles. The van der Waals surface area contributed by atoms with Crippen molar-refractivity contribution >= 4 is 5.91 Å². The fourth-order valence-electron chi connectivity index (χ4n) is 5.48. The van der Waals surface area contributed by atoms with E-state index in [0.717, 1.165) is 13.0 Å². The molecule has 0 saturated carbocycles. The van der Waals surface area contributed by atoms with E-state index in [1.807, 2.05) is 27.7 Å². The van der Waals surface area contributed by atoms with Crippen molar-refractivity contribution in [3.8, 4) is 0 Å². The molecule has 0 aromatic rings. The van der Waals surface area contributed by atoms with Crippen LogP contribution in [0.3, 0.4) is 0 Å². The van der Waals surface area contributed by atoms with E-state index in [2.05, 4.69) is 12.2 Å². The van der Waals surface area contributed by atoms with Crippen LogP contribution in [0.4, 0.5) is 0 Å². The van der Waals surface area contributed by atoms with E-state index in [1.54, 1.807) is 0 Å². The minimum atomic E-state index is -0.363. The van der Waals surface area contributed by atoms with Crippen molar-refractivity contribution in [1.29, 1.82) is 0 Å². The number of amides is 1. The fourth-order valence-corrected chi connectivity index (χ4v) is 5.48. The zero-order valence-electron chi connectivity index (χ0n) is 22.3. The van der Waals surface area contributed by atoms with Crippen molar-refractivity contribution in [3.63, 3.8) is 0 Å². The first kappa shape index (κ1) is 29.4. The molecule has 1 aliphatic rings. The molecule has 1 aliphatic heterocycles. The Morgan fingerprint density at radius 2 is 1.06 bits per heavy atom. The van der Waals surface area contributed by atoms with E-state index in [9.17, 15) is 10.0 Å². The molecule has 0 atom stereocenters. The van der Waals surface area contributed by atoms with Gasteiger partial charge in [-0.15, -0.1) is 0 Å². The van der Waals surface area contributed by atoms with Crippen LogP contribution in [-0.2, 0) is 4.79 Å². The first-order chi connectivity index (χ1) is 15.2. The molecule has 4 nitrogen and oxygen atoms in total. The van der Waals surface area contributed by atoms with Crippen LogP contribution in [-0.4, -0.2) is 33.8 Å². The Labute approximate surface area is 200 Å². The third-order valence-corrected chi connectivity index (χ3v) is 7.34. The average molecular weight is 453 g/mol. The van der Waals surface area contributed by atoms with Crippen LogP contribution in [0.1, 0.15) is 150 Å². The summed E-state index contributed by atoms with van der Waals surface area (Å²) in [5.74, 6) is 0.157. The summed E-state index contributed by atoms with van der Waals surface area (Å²) in [6, 6.07) is 0. The summed E-state index contributed by atoms with van der Waals surface area (Å²) in [5, 5.41) is 15.0. The topological polar surface area (TPSA) is 52.6 Å². The van der Waals surface area contributed by atoms with Crippen molar-refractivity contribution in [1.82, 2.24) is 10.4 Å². The molecule has 0 bridgehead atoms. The van der Waals surface area contributed by atoms with Crippen molar-refractivity contribution in [3.05, 3.63) is 0 Å². The number of carbonyl (C=O) groups excluding carboxylic acids is 1. The van der Waals surface area contributed by atoms with Crippen molar-refractivity contribution < 1.29 is 10.0 Å². The number of hydrogen-bond acceptors (Lipinski definition) is 3. The molecule has 4 heteroatoms. The largest absolute Gasteiger partial charge is 0.356 e. The van der Waals surface area contributed by atoms with E-state index in [4.69, 9.17) is 0 Å². The Morgan fingerprint density at radius 3 is 1.44 bits per heavy atom. The highest BCUT2D eigenvalue weighted by Crippen LogP contribution is 2.39. The second kappa shape index (κ2) is 16.1. The lowest BCUT2D eigenvalue weighted by atomic mass is 9.75. The van der Waals surface area contributed by atoms with Gasteiger partial charge in [0.1, 0.15) is 0 Å². The quantitative estimate of drug-likeness (QED) is 0.207. The van der Waals surface area contributed by atoms with Crippen LogP contribution in [0.25, 0.3) is 0 Å². The average Bonchev–Trinajstić information content (AvgIpc) is 2.73. The maximum Gasteiger partial charge on any atom is 0.223 e. The maximum atomic E-state index is 12.6. The molecular formula is C28H56N2O2. The van der Waals surface area contributed by atoms with E-state index >= 15 is 0 Å². The molecule has 2 N–H and O–H groups in total. The van der Waals surface area contributed by atoms with Crippen LogP contribution in [0.5, 0.6) is 0 Å². The Hall–Kier alpha value is -0.610. The predicted octanol–water partition coefficient (Wildman–Crippen LogP) is 8.02. The van der Waals surface area contributed by atoms with E-state index < -0.39 is 0 Å². The summed E-state index contributed by atoms with van der Waals surface area (Å²) in [4.78, 5) is 12.6. The van der Waals surface area contributed by atoms with E-state index in [1.165, 1.54) is 101 Å². The van der Waals surface area contributed by atoms with Gasteiger partial charge in [0.05, 0.1) is 0 Å². The van der Waals surface area contributed by atoms with Crippen LogP contribution in [0, 0.1) is 5.92 Å². The number of rotatable bonds is 18. The van der Waals surface area contributed by atoms with Gasteiger partial charge >= 0.3 is 0 Å². The molecular weight excluding hydrogens is 396 g/mol. The van der Waals surface area contributed by atoms with Gasteiger partial charge in [0.15, 0.2) is 0 Å². The Balaban J connectivity index is 1.92. The lowest BCUT2D eigenvalue weighted by Crippen LogP contribution is -2.60. The number of piperidine rings is 1. The van der Waals surface area contributed by atoms with Gasteiger partial charge in [-0.1, -0.05) is 103 Å². The number of hydrogen-bond donors (Lipinski definition) is 2. The number of unbranched alkanes of at least 4 members (excludes halogenated alkanes) is 15. The van der Waals surface area contributed by atoms with E-state index in [0.29, 0.717) is 12.8 Å².